The number of hydrogen-bond donors (Lipinski definition) is 0. The van der Waals surface area contributed by atoms with Gasteiger partial charge in [-0.3, -0.25) is 4.98 Å². The Balaban J connectivity index is 1.56. The third-order valence-electron chi connectivity index (χ3n) is 3.82. The molecule has 1 saturated heterocycles. The fourth-order valence-electron chi connectivity index (χ4n) is 2.64. The Morgan fingerprint density at radius 1 is 1.46 bits per heavy atom. The topological polar surface area (TPSA) is 77.7 Å². The molecule has 2 aromatic rings. The monoisotopic (exact) mass is 331 g/mol. The summed E-state index contributed by atoms with van der Waals surface area (Å²) in [6.07, 6.45) is 5.14. The van der Waals surface area contributed by atoms with E-state index in [2.05, 4.69) is 9.97 Å². The standard InChI is InChI=1S/C17H21N3O4/c1-2-22-16(21)15-12-24-17(19-15)20-9-5-7-14(10-20)23-11-13-6-3-4-8-18-13/h3-4,6,8,12,14H,2,5,7,9-11H2,1H3/t14-/m0/s1. The van der Waals surface area contributed by atoms with E-state index in [9.17, 15) is 4.79 Å². The number of ether oxygens (including phenoxy) is 2. The number of anilines is 1. The van der Waals surface area contributed by atoms with Crippen LogP contribution in [-0.2, 0) is 16.1 Å². The zero-order valence-electron chi connectivity index (χ0n) is 13.7. The number of rotatable bonds is 6. The van der Waals surface area contributed by atoms with Gasteiger partial charge in [0.25, 0.3) is 6.01 Å². The van der Waals surface area contributed by atoms with Crippen molar-refractivity contribution in [3.8, 4) is 0 Å². The molecule has 0 spiro atoms. The first-order chi connectivity index (χ1) is 11.8. The highest BCUT2D eigenvalue weighted by Crippen LogP contribution is 2.21. The van der Waals surface area contributed by atoms with E-state index >= 15 is 0 Å². The molecule has 1 fully saturated rings. The van der Waals surface area contributed by atoms with E-state index in [1.807, 2.05) is 23.1 Å². The summed E-state index contributed by atoms with van der Waals surface area (Å²) in [4.78, 5) is 22.1. The highest BCUT2D eigenvalue weighted by molar-refractivity contribution is 5.87. The first kappa shape index (κ1) is 16.4. The van der Waals surface area contributed by atoms with E-state index in [-0.39, 0.29) is 11.8 Å². The number of aromatic nitrogens is 2. The van der Waals surface area contributed by atoms with Crippen LogP contribution in [0.25, 0.3) is 0 Å². The molecule has 0 aliphatic carbocycles. The van der Waals surface area contributed by atoms with Crippen LogP contribution in [-0.4, -0.2) is 41.7 Å². The average Bonchev–Trinajstić information content (AvgIpc) is 3.12. The molecule has 2 aromatic heterocycles. The van der Waals surface area contributed by atoms with Gasteiger partial charge in [0.05, 0.1) is 25.0 Å². The Hall–Kier alpha value is -2.41. The van der Waals surface area contributed by atoms with Gasteiger partial charge < -0.3 is 18.8 Å². The molecule has 0 aromatic carbocycles. The number of oxazole rings is 1. The Labute approximate surface area is 140 Å². The summed E-state index contributed by atoms with van der Waals surface area (Å²) in [6.45, 7) is 4.06. The molecule has 24 heavy (non-hydrogen) atoms. The molecule has 7 heteroatoms. The van der Waals surface area contributed by atoms with Crippen LogP contribution in [0.5, 0.6) is 0 Å². The number of carbonyl (C=O) groups excluding carboxylic acids is 1. The average molecular weight is 331 g/mol. The van der Waals surface area contributed by atoms with Crippen molar-refractivity contribution in [3.63, 3.8) is 0 Å². The molecular formula is C17H21N3O4. The third kappa shape index (κ3) is 4.11. The predicted octanol–water partition coefficient (Wildman–Crippen LogP) is 2.43. The van der Waals surface area contributed by atoms with Crippen LogP contribution in [0, 0.1) is 0 Å². The normalized spacial score (nSPS) is 17.7. The summed E-state index contributed by atoms with van der Waals surface area (Å²) in [5.41, 5.74) is 1.11. The van der Waals surface area contributed by atoms with Gasteiger partial charge in [-0.15, -0.1) is 0 Å². The summed E-state index contributed by atoms with van der Waals surface area (Å²) < 4.78 is 16.3. The summed E-state index contributed by atoms with van der Waals surface area (Å²) in [5, 5.41) is 0. The summed E-state index contributed by atoms with van der Waals surface area (Å²) in [5.74, 6) is -0.465. The van der Waals surface area contributed by atoms with Gasteiger partial charge >= 0.3 is 5.97 Å². The molecule has 0 amide bonds. The maximum Gasteiger partial charge on any atom is 0.360 e. The quantitative estimate of drug-likeness (QED) is 0.752. The molecule has 3 rings (SSSR count). The van der Waals surface area contributed by atoms with E-state index in [1.165, 1.54) is 6.26 Å². The first-order valence-corrected chi connectivity index (χ1v) is 8.15. The number of esters is 1. The van der Waals surface area contributed by atoms with Crippen molar-refractivity contribution in [2.24, 2.45) is 0 Å². The smallest absolute Gasteiger partial charge is 0.360 e. The second-order valence-corrected chi connectivity index (χ2v) is 5.58. The predicted molar refractivity (Wildman–Crippen MR) is 86.7 cm³/mol. The molecule has 1 aliphatic rings. The van der Waals surface area contributed by atoms with Crippen LogP contribution in [0.3, 0.4) is 0 Å². The largest absolute Gasteiger partial charge is 0.461 e. The second kappa shape index (κ2) is 7.92. The number of nitrogens with zero attached hydrogens (tertiary/aromatic N) is 3. The Kier molecular flexibility index (Phi) is 5.43. The highest BCUT2D eigenvalue weighted by atomic mass is 16.5. The molecule has 1 atom stereocenters. The van der Waals surface area contributed by atoms with E-state index in [1.54, 1.807) is 13.1 Å². The van der Waals surface area contributed by atoms with Crippen molar-refractivity contribution in [1.82, 2.24) is 9.97 Å². The lowest BCUT2D eigenvalue weighted by Gasteiger charge is -2.31. The Morgan fingerprint density at radius 2 is 2.38 bits per heavy atom. The SMILES string of the molecule is CCOC(=O)c1coc(N2CCC[C@H](OCc3ccccn3)C2)n1. The lowest BCUT2D eigenvalue weighted by molar-refractivity contribution is 0.0290. The molecule has 0 radical (unpaired) electrons. The van der Waals surface area contributed by atoms with Crippen molar-refractivity contribution in [2.75, 3.05) is 24.6 Å². The van der Waals surface area contributed by atoms with Crippen LogP contribution < -0.4 is 4.90 Å². The molecule has 1 aliphatic heterocycles. The van der Waals surface area contributed by atoms with Crippen LogP contribution in [0.2, 0.25) is 0 Å². The van der Waals surface area contributed by atoms with Crippen molar-refractivity contribution in [1.29, 1.82) is 0 Å². The van der Waals surface area contributed by atoms with Gasteiger partial charge in [-0.2, -0.15) is 4.98 Å². The molecule has 0 N–H and O–H groups in total. The van der Waals surface area contributed by atoms with Gasteiger partial charge in [0.15, 0.2) is 5.69 Å². The highest BCUT2D eigenvalue weighted by Gasteiger charge is 2.25. The van der Waals surface area contributed by atoms with Crippen LogP contribution in [0.1, 0.15) is 35.9 Å². The molecule has 0 saturated carbocycles. The zero-order valence-corrected chi connectivity index (χ0v) is 13.7. The minimum atomic E-state index is -0.465. The van der Waals surface area contributed by atoms with E-state index < -0.39 is 5.97 Å². The fourth-order valence-corrected chi connectivity index (χ4v) is 2.64. The van der Waals surface area contributed by atoms with Gasteiger partial charge in [-0.25, -0.2) is 4.79 Å². The van der Waals surface area contributed by atoms with E-state index in [0.29, 0.717) is 25.8 Å². The Bertz CT molecular complexity index is 659. The van der Waals surface area contributed by atoms with Gasteiger partial charge in [0.2, 0.25) is 0 Å². The van der Waals surface area contributed by atoms with Gasteiger partial charge in [0, 0.05) is 19.3 Å². The summed E-state index contributed by atoms with van der Waals surface area (Å²) in [6, 6.07) is 6.21. The maximum atomic E-state index is 11.7. The lowest BCUT2D eigenvalue weighted by atomic mass is 10.1. The molecule has 0 bridgehead atoms. The number of hydrogen-bond acceptors (Lipinski definition) is 7. The number of carbonyl (C=O) groups is 1. The molecule has 128 valence electrons. The van der Waals surface area contributed by atoms with E-state index in [4.69, 9.17) is 13.9 Å². The Morgan fingerprint density at radius 3 is 3.17 bits per heavy atom. The fraction of sp³-hybridized carbons (Fsp3) is 0.471. The van der Waals surface area contributed by atoms with Crippen molar-refractivity contribution in [3.05, 3.63) is 42.0 Å². The van der Waals surface area contributed by atoms with Gasteiger partial charge in [-0.05, 0) is 31.9 Å². The lowest BCUT2D eigenvalue weighted by Crippen LogP contribution is -2.39. The van der Waals surface area contributed by atoms with Crippen molar-refractivity contribution >= 4 is 12.0 Å². The molecular weight excluding hydrogens is 310 g/mol. The van der Waals surface area contributed by atoms with E-state index in [0.717, 1.165) is 25.1 Å². The number of pyridine rings is 1. The number of piperidine rings is 1. The second-order valence-electron chi connectivity index (χ2n) is 5.58. The van der Waals surface area contributed by atoms with Gasteiger partial charge in [-0.1, -0.05) is 6.07 Å². The third-order valence-corrected chi connectivity index (χ3v) is 3.82. The van der Waals surface area contributed by atoms with Crippen molar-refractivity contribution in [2.45, 2.75) is 32.5 Å². The van der Waals surface area contributed by atoms with Crippen molar-refractivity contribution < 1.29 is 18.7 Å². The van der Waals surface area contributed by atoms with Crippen LogP contribution in [0.4, 0.5) is 6.01 Å². The first-order valence-electron chi connectivity index (χ1n) is 8.15. The molecule has 7 nitrogen and oxygen atoms in total. The van der Waals surface area contributed by atoms with Crippen LogP contribution >= 0.6 is 0 Å². The zero-order chi connectivity index (χ0) is 16.8. The molecule has 0 unspecified atom stereocenters. The maximum absolute atomic E-state index is 11.7. The molecule has 3 heterocycles. The minimum Gasteiger partial charge on any atom is -0.461 e. The summed E-state index contributed by atoms with van der Waals surface area (Å²) >= 11 is 0. The summed E-state index contributed by atoms with van der Waals surface area (Å²) in [7, 11) is 0. The van der Waals surface area contributed by atoms with Crippen LogP contribution in [0.15, 0.2) is 35.1 Å². The van der Waals surface area contributed by atoms with Gasteiger partial charge in [0.1, 0.15) is 6.26 Å². The minimum absolute atomic E-state index is 0.0821.